The average Bonchev–Trinajstić information content (AvgIpc) is 1.97. The lowest BCUT2D eigenvalue weighted by molar-refractivity contribution is 0.570. The van der Waals surface area contributed by atoms with E-state index < -0.39 is 11.1 Å². The SMILES string of the molecule is C=C=C=C=C=C(CC)S(=O)O. The highest BCUT2D eigenvalue weighted by molar-refractivity contribution is 7.83. The fraction of sp³-hybridized carbons (Fsp3) is 0.250. The van der Waals surface area contributed by atoms with E-state index >= 15 is 0 Å². The van der Waals surface area contributed by atoms with Crippen molar-refractivity contribution in [3.63, 3.8) is 0 Å². The highest BCUT2D eigenvalue weighted by Crippen LogP contribution is 2.00. The van der Waals surface area contributed by atoms with Gasteiger partial charge in [0.15, 0.2) is 11.1 Å². The van der Waals surface area contributed by atoms with Crippen LogP contribution in [0.3, 0.4) is 0 Å². The smallest absolute Gasteiger partial charge is 0.190 e. The molecule has 0 aromatic carbocycles. The normalized spacial score (nSPS) is 10.0. The maximum Gasteiger partial charge on any atom is 0.190 e. The Labute approximate surface area is 68.2 Å². The van der Waals surface area contributed by atoms with E-state index in [4.69, 9.17) is 4.55 Å². The Kier molecular flexibility index (Phi) is 5.20. The molecule has 0 aliphatic rings. The first-order chi connectivity index (χ1) is 5.22. The van der Waals surface area contributed by atoms with Crippen LogP contribution >= 0.6 is 0 Å². The van der Waals surface area contributed by atoms with Crippen molar-refractivity contribution in [2.24, 2.45) is 0 Å². The van der Waals surface area contributed by atoms with E-state index in [9.17, 15) is 4.21 Å². The van der Waals surface area contributed by atoms with E-state index in [0.717, 1.165) is 0 Å². The highest BCUT2D eigenvalue weighted by atomic mass is 32.2. The minimum atomic E-state index is -1.95. The molecule has 0 saturated heterocycles. The quantitative estimate of drug-likeness (QED) is 0.504. The van der Waals surface area contributed by atoms with Crippen molar-refractivity contribution in [2.75, 3.05) is 0 Å². The molecular weight excluding hydrogens is 160 g/mol. The molecule has 0 bridgehead atoms. The number of hydrogen-bond acceptors (Lipinski definition) is 1. The standard InChI is InChI=1S/C8H8O2S/c1-3-5-6-7-8(4-2)11(9)10/h1,4H2,2H3,(H,9,10). The zero-order valence-electron chi connectivity index (χ0n) is 6.18. The third-order valence-electron chi connectivity index (χ3n) is 0.885. The van der Waals surface area contributed by atoms with Crippen molar-refractivity contribution in [3.05, 3.63) is 34.4 Å². The summed E-state index contributed by atoms with van der Waals surface area (Å²) < 4.78 is 19.0. The summed E-state index contributed by atoms with van der Waals surface area (Å²) in [6.07, 6.45) is 0.467. The van der Waals surface area contributed by atoms with E-state index in [1.807, 2.05) is 0 Å². The maximum atomic E-state index is 10.4. The van der Waals surface area contributed by atoms with Crippen LogP contribution in [0, 0.1) is 0 Å². The third-order valence-corrected chi connectivity index (χ3v) is 1.70. The van der Waals surface area contributed by atoms with Gasteiger partial charge in [-0.25, -0.2) is 4.21 Å². The van der Waals surface area contributed by atoms with Crippen LogP contribution in [0.25, 0.3) is 0 Å². The molecule has 0 aliphatic heterocycles. The zero-order chi connectivity index (χ0) is 8.69. The topological polar surface area (TPSA) is 37.3 Å². The molecule has 3 heteroatoms. The summed E-state index contributed by atoms with van der Waals surface area (Å²) in [7, 11) is 0. The van der Waals surface area contributed by atoms with Gasteiger partial charge in [-0.15, -0.1) is 0 Å². The molecule has 0 aromatic rings. The second kappa shape index (κ2) is 5.73. The number of rotatable bonds is 2. The molecule has 2 nitrogen and oxygen atoms in total. The van der Waals surface area contributed by atoms with Crippen molar-refractivity contribution < 1.29 is 8.76 Å². The van der Waals surface area contributed by atoms with Gasteiger partial charge in [-0.05, 0) is 30.2 Å². The van der Waals surface area contributed by atoms with E-state index in [2.05, 4.69) is 29.5 Å². The van der Waals surface area contributed by atoms with Gasteiger partial charge in [0.05, 0.1) is 4.91 Å². The van der Waals surface area contributed by atoms with Gasteiger partial charge in [-0.3, -0.25) is 0 Å². The van der Waals surface area contributed by atoms with Crippen LogP contribution in [0.1, 0.15) is 13.3 Å². The lowest BCUT2D eigenvalue weighted by Crippen LogP contribution is -1.87. The monoisotopic (exact) mass is 168 g/mol. The molecule has 58 valence electrons. The lowest BCUT2D eigenvalue weighted by atomic mass is 10.4. The molecule has 0 fully saturated rings. The van der Waals surface area contributed by atoms with Crippen LogP contribution in [0.5, 0.6) is 0 Å². The van der Waals surface area contributed by atoms with E-state index in [1.54, 1.807) is 6.92 Å². The first-order valence-electron chi connectivity index (χ1n) is 2.97. The van der Waals surface area contributed by atoms with Gasteiger partial charge >= 0.3 is 0 Å². The summed E-state index contributed by atoms with van der Waals surface area (Å²) in [5.74, 6) is 0. The van der Waals surface area contributed by atoms with Gasteiger partial charge in [-0.2, -0.15) is 0 Å². The van der Waals surface area contributed by atoms with Crippen LogP contribution in [0.15, 0.2) is 34.4 Å². The zero-order valence-corrected chi connectivity index (χ0v) is 6.99. The van der Waals surface area contributed by atoms with Crippen molar-refractivity contribution >= 4 is 11.1 Å². The van der Waals surface area contributed by atoms with Gasteiger partial charge < -0.3 is 4.55 Å². The van der Waals surface area contributed by atoms with E-state index in [-0.39, 0.29) is 4.91 Å². The summed E-state index contributed by atoms with van der Waals surface area (Å²) in [4.78, 5) is 0.285. The molecule has 0 aliphatic carbocycles. The fourth-order valence-corrected chi connectivity index (χ4v) is 0.786. The van der Waals surface area contributed by atoms with Gasteiger partial charge in [-0.1, -0.05) is 12.7 Å². The van der Waals surface area contributed by atoms with E-state index in [1.165, 1.54) is 0 Å². The molecule has 0 radical (unpaired) electrons. The Morgan fingerprint density at radius 2 is 2.27 bits per heavy atom. The Hall–Kier alpha value is -1.03. The molecule has 0 saturated carbocycles. The largest absolute Gasteiger partial charge is 0.302 e. The fourth-order valence-electron chi connectivity index (χ4n) is 0.401. The lowest BCUT2D eigenvalue weighted by Gasteiger charge is -1.88. The van der Waals surface area contributed by atoms with Gasteiger partial charge in [0.25, 0.3) is 0 Å². The summed E-state index contributed by atoms with van der Waals surface area (Å²) >= 11 is -1.95. The predicted octanol–water partition coefficient (Wildman–Crippen LogP) is 1.75. The Bertz CT molecular complexity index is 305. The Morgan fingerprint density at radius 3 is 2.64 bits per heavy atom. The summed E-state index contributed by atoms with van der Waals surface area (Å²) in [6, 6.07) is 0. The molecule has 0 rings (SSSR count). The second-order valence-corrected chi connectivity index (χ2v) is 2.57. The van der Waals surface area contributed by atoms with Crippen LogP contribution in [-0.4, -0.2) is 8.76 Å². The molecule has 11 heavy (non-hydrogen) atoms. The maximum absolute atomic E-state index is 10.4. The van der Waals surface area contributed by atoms with Crippen LogP contribution in [0.2, 0.25) is 0 Å². The van der Waals surface area contributed by atoms with Gasteiger partial charge in [0, 0.05) is 0 Å². The molecule has 1 atom stereocenters. The molecular formula is C8H8O2S. The number of allylic oxidation sites excluding steroid dienone is 1. The highest BCUT2D eigenvalue weighted by Gasteiger charge is 1.97. The molecule has 1 unspecified atom stereocenters. The molecule has 0 amide bonds. The van der Waals surface area contributed by atoms with Gasteiger partial charge in [0.2, 0.25) is 0 Å². The summed E-state index contributed by atoms with van der Waals surface area (Å²) in [5.41, 5.74) is 9.57. The minimum Gasteiger partial charge on any atom is -0.302 e. The van der Waals surface area contributed by atoms with Crippen molar-refractivity contribution in [3.8, 4) is 0 Å². The minimum absolute atomic E-state index is 0.285. The van der Waals surface area contributed by atoms with Crippen molar-refractivity contribution in [2.45, 2.75) is 13.3 Å². The number of hydrogen-bond donors (Lipinski definition) is 1. The Morgan fingerprint density at radius 1 is 1.64 bits per heavy atom. The second-order valence-electron chi connectivity index (χ2n) is 1.58. The Balaban J connectivity index is 5.07. The predicted molar refractivity (Wildman–Crippen MR) is 44.3 cm³/mol. The van der Waals surface area contributed by atoms with Crippen LogP contribution < -0.4 is 0 Å². The van der Waals surface area contributed by atoms with Crippen LogP contribution in [-0.2, 0) is 11.1 Å². The third kappa shape index (κ3) is 4.38. The average molecular weight is 168 g/mol. The molecule has 1 N–H and O–H groups in total. The summed E-state index contributed by atoms with van der Waals surface area (Å²) in [5, 5.41) is 0. The molecule has 0 spiro atoms. The first-order valence-corrected chi connectivity index (χ1v) is 4.07. The van der Waals surface area contributed by atoms with Crippen LogP contribution in [0.4, 0.5) is 0 Å². The molecule has 0 aromatic heterocycles. The van der Waals surface area contributed by atoms with Gasteiger partial charge in [0.1, 0.15) is 0 Å². The van der Waals surface area contributed by atoms with Crippen molar-refractivity contribution in [1.82, 2.24) is 0 Å². The first kappa shape index (κ1) is 9.97. The van der Waals surface area contributed by atoms with E-state index in [0.29, 0.717) is 6.42 Å². The summed E-state index contributed by atoms with van der Waals surface area (Å²) in [6.45, 7) is 5.00. The van der Waals surface area contributed by atoms with Crippen molar-refractivity contribution in [1.29, 1.82) is 0 Å². The molecule has 0 heterocycles.